The van der Waals surface area contributed by atoms with Gasteiger partial charge in [0, 0.05) is 4.88 Å². The number of fused-ring (bicyclic) bond motifs is 2. The number of nitrogens with one attached hydrogen (secondary N) is 2. The molecule has 5 heteroatoms. The second-order valence-corrected chi connectivity index (χ2v) is 5.21. The van der Waals surface area contributed by atoms with Crippen molar-refractivity contribution in [2.75, 3.05) is 10.6 Å². The fourth-order valence-electron chi connectivity index (χ4n) is 1.92. The van der Waals surface area contributed by atoms with Gasteiger partial charge in [0.2, 0.25) is 0 Å². The van der Waals surface area contributed by atoms with Gasteiger partial charge in [-0.05, 0) is 30.7 Å². The molecule has 92 valence electrons. The number of anilines is 3. The van der Waals surface area contributed by atoms with Crippen LogP contribution in [0.5, 0.6) is 0 Å². The lowest BCUT2D eigenvalue weighted by Gasteiger charge is -2.07. The average Bonchev–Trinajstić information content (AvgIpc) is 2.71. The van der Waals surface area contributed by atoms with E-state index in [-0.39, 0.29) is 11.7 Å². The molecule has 0 saturated heterocycles. The van der Waals surface area contributed by atoms with Crippen molar-refractivity contribution in [1.82, 2.24) is 0 Å². The highest BCUT2D eigenvalue weighted by molar-refractivity contribution is 7.16. The molecule has 0 unspecified atom stereocenters. The van der Waals surface area contributed by atoms with E-state index in [1.165, 1.54) is 23.5 Å². The summed E-state index contributed by atoms with van der Waals surface area (Å²) < 4.78 is 13.2. The molecule has 1 aliphatic rings. The maximum absolute atomic E-state index is 13.2. The van der Waals surface area contributed by atoms with Gasteiger partial charge >= 0.3 is 0 Å². The Labute approximate surface area is 108 Å². The van der Waals surface area contributed by atoms with Crippen LogP contribution in [0, 0.1) is 5.82 Å². The Morgan fingerprint density at radius 1 is 1.22 bits per heavy atom. The van der Waals surface area contributed by atoms with Crippen LogP contribution < -0.4 is 10.6 Å². The monoisotopic (exact) mass is 262 g/mol. The number of amides is 1. The Hall–Kier alpha value is -1.88. The molecule has 0 aliphatic carbocycles. The van der Waals surface area contributed by atoms with Gasteiger partial charge in [0.15, 0.2) is 0 Å². The number of carbonyl (C=O) groups excluding carboxylic acids is 1. The normalized spacial score (nSPS) is 13.1. The van der Waals surface area contributed by atoms with Gasteiger partial charge in [0.1, 0.15) is 10.8 Å². The SMILES string of the molecule is CCc1cc2c(s1)Nc1cc(F)ccc1NC2=O. The van der Waals surface area contributed by atoms with Crippen LogP contribution in [-0.2, 0) is 6.42 Å². The smallest absolute Gasteiger partial charge is 0.258 e. The van der Waals surface area contributed by atoms with Gasteiger partial charge in [-0.3, -0.25) is 4.79 Å². The Balaban J connectivity index is 2.12. The first-order valence-corrected chi connectivity index (χ1v) is 6.49. The Bertz CT molecular complexity index is 636. The average molecular weight is 262 g/mol. The van der Waals surface area contributed by atoms with E-state index in [0.29, 0.717) is 16.9 Å². The minimum absolute atomic E-state index is 0.154. The second kappa shape index (κ2) is 4.10. The fraction of sp³-hybridized carbons (Fsp3) is 0.154. The number of thiophene rings is 1. The topological polar surface area (TPSA) is 41.1 Å². The van der Waals surface area contributed by atoms with Crippen molar-refractivity contribution < 1.29 is 9.18 Å². The summed E-state index contributed by atoms with van der Waals surface area (Å²) in [7, 11) is 0. The third-order valence-electron chi connectivity index (χ3n) is 2.85. The quantitative estimate of drug-likeness (QED) is 0.821. The molecule has 2 N–H and O–H groups in total. The van der Waals surface area contributed by atoms with E-state index >= 15 is 0 Å². The predicted molar refractivity (Wildman–Crippen MR) is 71.3 cm³/mol. The summed E-state index contributed by atoms with van der Waals surface area (Å²) in [5, 5.41) is 6.68. The molecule has 0 atom stereocenters. The number of benzene rings is 1. The zero-order chi connectivity index (χ0) is 12.7. The fourth-order valence-corrected chi connectivity index (χ4v) is 2.92. The minimum Gasteiger partial charge on any atom is -0.345 e. The van der Waals surface area contributed by atoms with E-state index in [2.05, 4.69) is 10.6 Å². The van der Waals surface area contributed by atoms with Crippen molar-refractivity contribution in [2.24, 2.45) is 0 Å². The number of aryl methyl sites for hydroxylation is 1. The highest BCUT2D eigenvalue weighted by Gasteiger charge is 2.21. The summed E-state index contributed by atoms with van der Waals surface area (Å²) >= 11 is 1.53. The van der Waals surface area contributed by atoms with Crippen LogP contribution in [0.3, 0.4) is 0 Å². The zero-order valence-corrected chi connectivity index (χ0v) is 10.5. The molecule has 18 heavy (non-hydrogen) atoms. The molecule has 0 spiro atoms. The van der Waals surface area contributed by atoms with Gasteiger partial charge < -0.3 is 10.6 Å². The molecule has 0 radical (unpaired) electrons. The summed E-state index contributed by atoms with van der Waals surface area (Å²) in [5.74, 6) is -0.481. The highest BCUT2D eigenvalue weighted by Crippen LogP contribution is 2.37. The van der Waals surface area contributed by atoms with E-state index in [1.54, 1.807) is 6.07 Å². The first-order valence-electron chi connectivity index (χ1n) is 5.68. The summed E-state index contributed by atoms with van der Waals surface area (Å²) in [5.41, 5.74) is 1.81. The van der Waals surface area contributed by atoms with E-state index in [4.69, 9.17) is 0 Å². The molecule has 0 bridgehead atoms. The van der Waals surface area contributed by atoms with Gasteiger partial charge in [0.25, 0.3) is 5.91 Å². The number of carbonyl (C=O) groups is 1. The minimum atomic E-state index is -0.328. The van der Waals surface area contributed by atoms with Crippen molar-refractivity contribution in [2.45, 2.75) is 13.3 Å². The summed E-state index contributed by atoms with van der Waals surface area (Å²) in [4.78, 5) is 13.2. The van der Waals surface area contributed by atoms with Gasteiger partial charge in [-0.2, -0.15) is 0 Å². The van der Waals surface area contributed by atoms with Crippen molar-refractivity contribution in [3.05, 3.63) is 40.5 Å². The lowest BCUT2D eigenvalue weighted by atomic mass is 10.2. The molecule has 0 saturated carbocycles. The van der Waals surface area contributed by atoms with Crippen molar-refractivity contribution >= 4 is 33.6 Å². The highest BCUT2D eigenvalue weighted by atomic mass is 32.1. The third kappa shape index (κ3) is 1.76. The van der Waals surface area contributed by atoms with E-state index in [1.807, 2.05) is 13.0 Å². The number of halogens is 1. The van der Waals surface area contributed by atoms with Gasteiger partial charge in [-0.25, -0.2) is 4.39 Å². The van der Waals surface area contributed by atoms with Crippen LogP contribution in [0.15, 0.2) is 24.3 Å². The van der Waals surface area contributed by atoms with Crippen LogP contribution in [0.25, 0.3) is 0 Å². The number of rotatable bonds is 1. The Morgan fingerprint density at radius 2 is 2.06 bits per heavy atom. The molecule has 1 aliphatic heterocycles. The largest absolute Gasteiger partial charge is 0.345 e. The van der Waals surface area contributed by atoms with Gasteiger partial charge in [-0.15, -0.1) is 11.3 Å². The third-order valence-corrected chi connectivity index (χ3v) is 4.05. The van der Waals surface area contributed by atoms with Crippen LogP contribution in [-0.4, -0.2) is 5.91 Å². The standard InChI is InChI=1S/C13H11FN2OS/c1-2-8-6-9-12(17)15-10-4-3-7(14)5-11(10)16-13(9)18-8/h3-6,16H,2H2,1H3,(H,15,17). The van der Waals surface area contributed by atoms with Crippen molar-refractivity contribution in [1.29, 1.82) is 0 Å². The first kappa shape index (κ1) is 11.2. The molecule has 3 nitrogen and oxygen atoms in total. The molecule has 2 aromatic rings. The molecule has 3 rings (SSSR count). The molecule has 2 heterocycles. The van der Waals surface area contributed by atoms with E-state index in [0.717, 1.165) is 16.3 Å². The molecule has 0 fully saturated rings. The van der Waals surface area contributed by atoms with Gasteiger partial charge in [-0.1, -0.05) is 6.92 Å². The lowest BCUT2D eigenvalue weighted by molar-refractivity contribution is 0.102. The van der Waals surface area contributed by atoms with Crippen LogP contribution in [0.4, 0.5) is 20.8 Å². The molecule has 1 amide bonds. The second-order valence-electron chi connectivity index (χ2n) is 4.08. The first-order chi connectivity index (χ1) is 8.67. The van der Waals surface area contributed by atoms with E-state index < -0.39 is 0 Å². The number of hydrogen-bond acceptors (Lipinski definition) is 3. The van der Waals surface area contributed by atoms with Crippen LogP contribution in [0.2, 0.25) is 0 Å². The molecule has 1 aromatic carbocycles. The predicted octanol–water partition coefficient (Wildman–Crippen LogP) is 3.76. The zero-order valence-electron chi connectivity index (χ0n) is 9.71. The lowest BCUT2D eigenvalue weighted by Crippen LogP contribution is -2.09. The van der Waals surface area contributed by atoms with Gasteiger partial charge in [0.05, 0.1) is 16.9 Å². The Kier molecular flexibility index (Phi) is 2.56. The van der Waals surface area contributed by atoms with Crippen molar-refractivity contribution in [3.63, 3.8) is 0 Å². The molecular formula is C13H11FN2OS. The summed E-state index contributed by atoms with van der Waals surface area (Å²) in [6.07, 6.45) is 0.878. The molecular weight excluding hydrogens is 251 g/mol. The summed E-state index contributed by atoms with van der Waals surface area (Å²) in [6, 6.07) is 6.16. The van der Waals surface area contributed by atoms with Crippen LogP contribution in [0.1, 0.15) is 22.2 Å². The van der Waals surface area contributed by atoms with Crippen LogP contribution >= 0.6 is 11.3 Å². The maximum atomic E-state index is 13.2. The number of hydrogen-bond donors (Lipinski definition) is 2. The maximum Gasteiger partial charge on any atom is 0.258 e. The van der Waals surface area contributed by atoms with E-state index in [9.17, 15) is 9.18 Å². The molecule has 1 aromatic heterocycles. The van der Waals surface area contributed by atoms with Crippen molar-refractivity contribution in [3.8, 4) is 0 Å². The summed E-state index contributed by atoms with van der Waals surface area (Å²) in [6.45, 7) is 2.04. The Morgan fingerprint density at radius 3 is 2.83 bits per heavy atom.